The molecule has 0 saturated heterocycles. The number of anilines is 1. The topological polar surface area (TPSA) is 120 Å². The lowest BCUT2D eigenvalue weighted by Gasteiger charge is -2.25. The molecule has 0 fully saturated rings. The monoisotopic (exact) mass is 614 g/mol. The lowest BCUT2D eigenvalue weighted by molar-refractivity contribution is -0.112. The number of carbonyl (C=O) groups excluding carboxylic acids is 3. The molecule has 3 rings (SSSR count). The van der Waals surface area contributed by atoms with Gasteiger partial charge in [-0.1, -0.05) is 62.9 Å². The van der Waals surface area contributed by atoms with Gasteiger partial charge in [0, 0.05) is 48.6 Å². The molecule has 3 aromatic rings. The molecule has 0 bridgehead atoms. The number of nitrogens with one attached hydrogen (secondary N) is 3. The second kappa shape index (κ2) is 17.7. The molecule has 0 unspecified atom stereocenters. The van der Waals surface area contributed by atoms with E-state index < -0.39 is 24.0 Å². The van der Waals surface area contributed by atoms with Crippen LogP contribution >= 0.6 is 0 Å². The third-order valence-corrected chi connectivity index (χ3v) is 7.26. The molecule has 240 valence electrons. The largest absolute Gasteiger partial charge is 0.497 e. The fourth-order valence-electron chi connectivity index (χ4n) is 4.92. The number of benzene rings is 3. The van der Waals surface area contributed by atoms with Gasteiger partial charge in [0.2, 0.25) is 0 Å². The summed E-state index contributed by atoms with van der Waals surface area (Å²) in [7, 11) is 1.61. The van der Waals surface area contributed by atoms with Crippen molar-refractivity contribution < 1.29 is 24.2 Å². The first-order chi connectivity index (χ1) is 21.6. The smallest absolute Gasteiger partial charge is 0.253 e. The van der Waals surface area contributed by atoms with Gasteiger partial charge in [0.25, 0.3) is 17.7 Å². The molecule has 4 N–H and O–H groups in total. The number of hydrogen-bond acceptors (Lipinski definition) is 6. The van der Waals surface area contributed by atoms with Crippen LogP contribution in [0.4, 0.5) is 5.69 Å². The molecule has 0 aromatic heterocycles. The fourth-order valence-corrected chi connectivity index (χ4v) is 4.92. The molecule has 0 heterocycles. The standard InChI is InChI=1S/C36H46N4O5/c1-6-16-40(17-7-2)36(44)29-20-28(21-30(22-29)38-34(42)25(3)4)35(43)39-32(19-26-12-9-8-10-13-26)33(41)24-37-23-27-14-11-15-31(18-27)45-5/h8-15,18,20-22,32-33,37,41H,3,6-7,16-17,19,23-24H2,1-2,4-5H3,(H,38,42)(H,39,43)/t32-,33+/m0/s1. The van der Waals surface area contributed by atoms with E-state index in [2.05, 4.69) is 22.5 Å². The Kier molecular flexibility index (Phi) is 13.8. The minimum Gasteiger partial charge on any atom is -0.497 e. The molecule has 45 heavy (non-hydrogen) atoms. The molecule has 0 spiro atoms. The average Bonchev–Trinajstić information content (AvgIpc) is 3.04. The number of nitrogens with zero attached hydrogens (tertiary/aromatic N) is 1. The van der Waals surface area contributed by atoms with Gasteiger partial charge in [0.05, 0.1) is 19.3 Å². The van der Waals surface area contributed by atoms with Gasteiger partial charge in [-0.3, -0.25) is 14.4 Å². The molecule has 0 aliphatic heterocycles. The van der Waals surface area contributed by atoms with Crippen LogP contribution < -0.4 is 20.7 Å². The van der Waals surface area contributed by atoms with Crippen molar-refractivity contribution in [3.8, 4) is 5.75 Å². The fraction of sp³-hybridized carbons (Fsp3) is 0.361. The summed E-state index contributed by atoms with van der Waals surface area (Å²) >= 11 is 0. The number of rotatable bonds is 17. The van der Waals surface area contributed by atoms with E-state index in [0.29, 0.717) is 42.9 Å². The van der Waals surface area contributed by atoms with Crippen LogP contribution in [-0.4, -0.2) is 66.6 Å². The number of hydrogen-bond donors (Lipinski definition) is 4. The van der Waals surface area contributed by atoms with Gasteiger partial charge >= 0.3 is 0 Å². The zero-order valence-corrected chi connectivity index (χ0v) is 26.8. The van der Waals surface area contributed by atoms with Crippen LogP contribution in [0.1, 0.15) is 65.5 Å². The SMILES string of the molecule is C=C(C)C(=O)Nc1cc(C(=O)N[C@@H](Cc2ccccc2)[C@H](O)CNCc2cccc(OC)c2)cc(C(=O)N(CCC)CCC)c1. The van der Waals surface area contributed by atoms with E-state index in [1.165, 1.54) is 6.07 Å². The van der Waals surface area contributed by atoms with Gasteiger partial charge in [0.15, 0.2) is 0 Å². The zero-order chi connectivity index (χ0) is 32.8. The third kappa shape index (κ3) is 10.9. The van der Waals surface area contributed by atoms with Crippen molar-refractivity contribution in [2.75, 3.05) is 32.1 Å². The lowest BCUT2D eigenvalue weighted by Crippen LogP contribution is -2.48. The summed E-state index contributed by atoms with van der Waals surface area (Å²) < 4.78 is 5.30. The molecule has 0 radical (unpaired) electrons. The second-order valence-electron chi connectivity index (χ2n) is 11.1. The van der Waals surface area contributed by atoms with Crippen molar-refractivity contribution >= 4 is 23.4 Å². The van der Waals surface area contributed by atoms with Gasteiger partial charge in [-0.25, -0.2) is 0 Å². The van der Waals surface area contributed by atoms with Crippen molar-refractivity contribution in [1.82, 2.24) is 15.5 Å². The summed E-state index contributed by atoms with van der Waals surface area (Å²) in [5, 5.41) is 20.3. The maximum atomic E-state index is 13.8. The molecular weight excluding hydrogens is 568 g/mol. The molecular formula is C36H46N4O5. The maximum Gasteiger partial charge on any atom is 0.253 e. The second-order valence-corrected chi connectivity index (χ2v) is 11.1. The van der Waals surface area contributed by atoms with E-state index >= 15 is 0 Å². The Morgan fingerprint density at radius 3 is 2.22 bits per heavy atom. The van der Waals surface area contributed by atoms with E-state index in [0.717, 1.165) is 29.7 Å². The maximum absolute atomic E-state index is 13.8. The Balaban J connectivity index is 1.87. The highest BCUT2D eigenvalue weighted by Crippen LogP contribution is 2.19. The van der Waals surface area contributed by atoms with Crippen molar-refractivity contribution in [3.63, 3.8) is 0 Å². The summed E-state index contributed by atoms with van der Waals surface area (Å²) in [4.78, 5) is 41.5. The van der Waals surface area contributed by atoms with Crippen molar-refractivity contribution in [2.45, 2.75) is 58.7 Å². The highest BCUT2D eigenvalue weighted by Gasteiger charge is 2.24. The van der Waals surface area contributed by atoms with E-state index in [-0.39, 0.29) is 18.0 Å². The molecule has 0 aliphatic rings. The summed E-state index contributed by atoms with van der Waals surface area (Å²) in [6.07, 6.45) is 1.02. The van der Waals surface area contributed by atoms with Crippen molar-refractivity contribution in [2.24, 2.45) is 0 Å². The van der Waals surface area contributed by atoms with E-state index in [1.807, 2.05) is 68.4 Å². The van der Waals surface area contributed by atoms with Crippen LogP contribution in [0.3, 0.4) is 0 Å². The number of amides is 3. The van der Waals surface area contributed by atoms with Gasteiger partial charge in [-0.15, -0.1) is 0 Å². The third-order valence-electron chi connectivity index (χ3n) is 7.26. The van der Waals surface area contributed by atoms with Crippen LogP contribution in [0.25, 0.3) is 0 Å². The highest BCUT2D eigenvalue weighted by molar-refractivity contribution is 6.06. The predicted molar refractivity (Wildman–Crippen MR) is 178 cm³/mol. The minimum absolute atomic E-state index is 0.195. The first-order valence-corrected chi connectivity index (χ1v) is 15.4. The van der Waals surface area contributed by atoms with Gasteiger partial charge in [-0.2, -0.15) is 0 Å². The number of aliphatic hydroxyl groups excluding tert-OH is 1. The average molecular weight is 615 g/mol. The molecule has 3 aromatic carbocycles. The summed E-state index contributed by atoms with van der Waals surface area (Å²) in [6.45, 7) is 11.1. The molecule has 0 saturated carbocycles. The van der Waals surface area contributed by atoms with Crippen molar-refractivity contribution in [3.05, 3.63) is 107 Å². The van der Waals surface area contributed by atoms with Gasteiger partial charge in [0.1, 0.15) is 5.75 Å². The molecule has 9 nitrogen and oxygen atoms in total. The first kappa shape index (κ1) is 35.0. The van der Waals surface area contributed by atoms with Crippen molar-refractivity contribution in [1.29, 1.82) is 0 Å². The Labute approximate surface area is 266 Å². The van der Waals surface area contributed by atoms with Crippen LogP contribution in [-0.2, 0) is 17.8 Å². The van der Waals surface area contributed by atoms with Crippen LogP contribution in [0.2, 0.25) is 0 Å². The molecule has 9 heteroatoms. The molecule has 2 atom stereocenters. The lowest BCUT2D eigenvalue weighted by atomic mass is 9.99. The minimum atomic E-state index is -0.934. The summed E-state index contributed by atoms with van der Waals surface area (Å²) in [6, 6.07) is 21.3. The van der Waals surface area contributed by atoms with Gasteiger partial charge < -0.3 is 30.7 Å². The van der Waals surface area contributed by atoms with Crippen LogP contribution in [0, 0.1) is 0 Å². The van der Waals surface area contributed by atoms with Crippen LogP contribution in [0.15, 0.2) is 84.9 Å². The number of ether oxygens (including phenoxy) is 1. The zero-order valence-electron chi connectivity index (χ0n) is 26.8. The predicted octanol–water partition coefficient (Wildman–Crippen LogP) is 4.96. The first-order valence-electron chi connectivity index (χ1n) is 15.4. The number of methoxy groups -OCH3 is 1. The summed E-state index contributed by atoms with van der Waals surface area (Å²) in [5.41, 5.74) is 3.04. The van der Waals surface area contributed by atoms with E-state index in [1.54, 1.807) is 31.1 Å². The quantitative estimate of drug-likeness (QED) is 0.160. The molecule has 3 amide bonds. The summed E-state index contributed by atoms with van der Waals surface area (Å²) in [5.74, 6) is -0.358. The normalized spacial score (nSPS) is 12.1. The highest BCUT2D eigenvalue weighted by atomic mass is 16.5. The van der Waals surface area contributed by atoms with E-state index in [4.69, 9.17) is 4.74 Å². The Bertz CT molecular complexity index is 1440. The molecule has 0 aliphatic carbocycles. The van der Waals surface area contributed by atoms with Crippen LogP contribution in [0.5, 0.6) is 5.75 Å². The van der Waals surface area contributed by atoms with E-state index in [9.17, 15) is 19.5 Å². The number of aliphatic hydroxyl groups is 1. The Hall–Kier alpha value is -4.47. The Morgan fingerprint density at radius 1 is 0.911 bits per heavy atom. The number of carbonyl (C=O) groups is 3. The van der Waals surface area contributed by atoms with Gasteiger partial charge in [-0.05, 0) is 67.6 Å². The Morgan fingerprint density at radius 2 is 1.58 bits per heavy atom.